The van der Waals surface area contributed by atoms with Crippen molar-refractivity contribution in [3.8, 4) is 0 Å². The fourth-order valence-electron chi connectivity index (χ4n) is 0.382. The minimum Gasteiger partial charge on any atom is -0.131 e. The van der Waals surface area contributed by atoms with Crippen LogP contribution in [-0.2, 0) is 0 Å². The number of nitrogens with zero attached hydrogens (tertiary/aromatic N) is 2. The van der Waals surface area contributed by atoms with Crippen LogP contribution >= 0.6 is 39.0 Å². The lowest BCUT2D eigenvalue weighted by molar-refractivity contribution is 0.998. The van der Waals surface area contributed by atoms with Crippen LogP contribution in [0.1, 0.15) is 0 Å². The summed E-state index contributed by atoms with van der Waals surface area (Å²) >= 11 is 6.41. The van der Waals surface area contributed by atoms with Crippen molar-refractivity contribution < 1.29 is 0 Å². The first-order valence-electron chi connectivity index (χ1n) is 2.55. The number of hydrogen-bond donors (Lipinski definition) is 0. The highest BCUT2D eigenvalue weighted by Gasteiger charge is 1.98. The van der Waals surface area contributed by atoms with E-state index in [4.69, 9.17) is 0 Å². The van der Waals surface area contributed by atoms with Crippen molar-refractivity contribution in [2.75, 3.05) is 5.75 Å². The quantitative estimate of drug-likeness (QED) is 0.596. The average molecular weight is 237 g/mol. The summed E-state index contributed by atoms with van der Waals surface area (Å²) in [6.07, 6.45) is 1.85. The van der Waals surface area contributed by atoms with Crippen molar-refractivity contribution in [1.82, 2.24) is 10.2 Å². The summed E-state index contributed by atoms with van der Waals surface area (Å²) in [5.41, 5.74) is 0. The van der Waals surface area contributed by atoms with Gasteiger partial charge in [0.15, 0.2) is 8.26 Å². The summed E-state index contributed by atoms with van der Waals surface area (Å²) in [5, 5.41) is 7.69. The molecule has 0 aromatic carbocycles. The van der Waals surface area contributed by atoms with Crippen LogP contribution in [0.4, 0.5) is 0 Å². The predicted octanol–water partition coefficient (Wildman–Crippen LogP) is 2.58. The van der Waals surface area contributed by atoms with E-state index in [1.807, 2.05) is 6.08 Å². The van der Waals surface area contributed by atoms with Crippen molar-refractivity contribution in [2.24, 2.45) is 0 Å². The van der Waals surface area contributed by atoms with Gasteiger partial charge in [0.05, 0.1) is 0 Å². The maximum Gasteiger partial charge on any atom is 0.184 e. The Hall–Kier alpha value is 0.130. The van der Waals surface area contributed by atoms with Crippen LogP contribution in [0, 0.1) is 0 Å². The molecule has 0 saturated carbocycles. The molecule has 0 N–H and O–H groups in total. The zero-order chi connectivity index (χ0) is 7.40. The molecule has 1 heterocycles. The summed E-state index contributed by atoms with van der Waals surface area (Å²) in [6.45, 7) is 3.61. The van der Waals surface area contributed by atoms with Crippen molar-refractivity contribution in [1.29, 1.82) is 0 Å². The van der Waals surface area contributed by atoms with Gasteiger partial charge in [0, 0.05) is 5.75 Å². The molecule has 0 amide bonds. The molecule has 1 aromatic heterocycles. The Kier molecular flexibility index (Phi) is 3.37. The Morgan fingerprint density at radius 1 is 1.70 bits per heavy atom. The Morgan fingerprint density at radius 2 is 2.50 bits per heavy atom. The Labute approximate surface area is 75.9 Å². The molecule has 2 nitrogen and oxygen atoms in total. The summed E-state index contributed by atoms with van der Waals surface area (Å²) in [5.74, 6) is 0.891. The molecular formula is C5H5BrN2S2. The second-order valence-corrected chi connectivity index (χ2v) is 4.94. The van der Waals surface area contributed by atoms with Crippen molar-refractivity contribution in [3.05, 3.63) is 16.6 Å². The van der Waals surface area contributed by atoms with Gasteiger partial charge in [-0.1, -0.05) is 29.2 Å². The van der Waals surface area contributed by atoms with Crippen LogP contribution < -0.4 is 0 Å². The lowest BCUT2D eigenvalue weighted by Gasteiger charge is -1.84. The van der Waals surface area contributed by atoms with Crippen LogP contribution in [0.5, 0.6) is 0 Å². The summed E-state index contributed by atoms with van der Waals surface area (Å²) in [6, 6.07) is 0. The molecule has 0 radical (unpaired) electrons. The first kappa shape index (κ1) is 8.23. The predicted molar refractivity (Wildman–Crippen MR) is 48.5 cm³/mol. The SMILES string of the molecule is C=CCSc1nnc(Br)s1. The van der Waals surface area contributed by atoms with Gasteiger partial charge in [0.25, 0.3) is 0 Å². The largest absolute Gasteiger partial charge is 0.184 e. The number of halogens is 1. The Balaban J connectivity index is 2.49. The molecule has 10 heavy (non-hydrogen) atoms. The fraction of sp³-hybridized carbons (Fsp3) is 0.200. The van der Waals surface area contributed by atoms with Crippen LogP contribution in [0.3, 0.4) is 0 Å². The molecule has 0 unspecified atom stereocenters. The van der Waals surface area contributed by atoms with E-state index in [0.29, 0.717) is 0 Å². The van der Waals surface area contributed by atoms with Gasteiger partial charge in [-0.3, -0.25) is 0 Å². The lowest BCUT2D eigenvalue weighted by Crippen LogP contribution is -1.71. The van der Waals surface area contributed by atoms with Crippen molar-refractivity contribution in [3.63, 3.8) is 0 Å². The molecule has 0 spiro atoms. The standard InChI is InChI=1S/C5H5BrN2S2/c1-2-3-9-5-8-7-4(6)10-5/h2H,1,3H2. The molecule has 0 fully saturated rings. The van der Waals surface area contributed by atoms with Gasteiger partial charge in [-0.05, 0) is 15.9 Å². The van der Waals surface area contributed by atoms with Gasteiger partial charge in [0.2, 0.25) is 0 Å². The van der Waals surface area contributed by atoms with Crippen molar-refractivity contribution >= 4 is 39.0 Å². The van der Waals surface area contributed by atoms with Gasteiger partial charge in [-0.15, -0.1) is 16.8 Å². The number of rotatable bonds is 3. The van der Waals surface area contributed by atoms with E-state index in [9.17, 15) is 0 Å². The fourth-order valence-corrected chi connectivity index (χ4v) is 2.59. The zero-order valence-electron chi connectivity index (χ0n) is 5.08. The van der Waals surface area contributed by atoms with E-state index in [1.165, 1.54) is 11.3 Å². The third-order valence-electron chi connectivity index (χ3n) is 0.706. The Bertz CT molecular complexity index is 223. The van der Waals surface area contributed by atoms with E-state index in [0.717, 1.165) is 14.0 Å². The highest BCUT2D eigenvalue weighted by atomic mass is 79.9. The first-order chi connectivity index (χ1) is 4.83. The van der Waals surface area contributed by atoms with E-state index in [2.05, 4.69) is 32.7 Å². The first-order valence-corrected chi connectivity index (χ1v) is 5.15. The molecular weight excluding hydrogens is 232 g/mol. The number of thioether (sulfide) groups is 1. The van der Waals surface area contributed by atoms with Gasteiger partial charge in [-0.2, -0.15) is 0 Å². The molecule has 1 rings (SSSR count). The number of hydrogen-bond acceptors (Lipinski definition) is 4. The van der Waals surface area contributed by atoms with E-state index in [-0.39, 0.29) is 0 Å². The minimum atomic E-state index is 0.832. The molecule has 0 aliphatic heterocycles. The van der Waals surface area contributed by atoms with Crippen LogP contribution in [0.2, 0.25) is 0 Å². The van der Waals surface area contributed by atoms with Gasteiger partial charge < -0.3 is 0 Å². The maximum atomic E-state index is 3.89. The summed E-state index contributed by atoms with van der Waals surface area (Å²) < 4.78 is 1.81. The molecule has 0 aliphatic rings. The molecule has 5 heteroatoms. The smallest absolute Gasteiger partial charge is 0.131 e. The normalized spacial score (nSPS) is 9.70. The third kappa shape index (κ3) is 2.40. The molecule has 0 aliphatic carbocycles. The van der Waals surface area contributed by atoms with E-state index >= 15 is 0 Å². The molecule has 0 saturated heterocycles. The average Bonchev–Trinajstić information content (AvgIpc) is 2.31. The van der Waals surface area contributed by atoms with E-state index in [1.54, 1.807) is 11.8 Å². The highest BCUT2D eigenvalue weighted by Crippen LogP contribution is 2.24. The lowest BCUT2D eigenvalue weighted by atomic mass is 10.8. The van der Waals surface area contributed by atoms with Crippen LogP contribution in [0.25, 0.3) is 0 Å². The maximum absolute atomic E-state index is 3.89. The van der Waals surface area contributed by atoms with Gasteiger partial charge in [-0.25, -0.2) is 0 Å². The zero-order valence-corrected chi connectivity index (χ0v) is 8.30. The highest BCUT2D eigenvalue weighted by molar-refractivity contribution is 9.11. The second-order valence-electron chi connectivity index (χ2n) is 1.42. The second kappa shape index (κ2) is 4.10. The topological polar surface area (TPSA) is 25.8 Å². The monoisotopic (exact) mass is 236 g/mol. The van der Waals surface area contributed by atoms with Gasteiger partial charge >= 0.3 is 0 Å². The van der Waals surface area contributed by atoms with Crippen molar-refractivity contribution in [2.45, 2.75) is 4.34 Å². The third-order valence-corrected chi connectivity index (χ3v) is 3.19. The minimum absolute atomic E-state index is 0.832. The molecule has 0 bridgehead atoms. The molecule has 1 aromatic rings. The summed E-state index contributed by atoms with van der Waals surface area (Å²) in [7, 11) is 0. The summed E-state index contributed by atoms with van der Waals surface area (Å²) in [4.78, 5) is 0. The van der Waals surface area contributed by atoms with Crippen LogP contribution in [-0.4, -0.2) is 16.0 Å². The molecule has 54 valence electrons. The van der Waals surface area contributed by atoms with Crippen LogP contribution in [0.15, 0.2) is 20.9 Å². The number of aromatic nitrogens is 2. The van der Waals surface area contributed by atoms with Gasteiger partial charge in [0.1, 0.15) is 0 Å². The van der Waals surface area contributed by atoms with E-state index < -0.39 is 0 Å². The molecule has 0 atom stereocenters. The Morgan fingerprint density at radius 3 is 3.00 bits per heavy atom.